The van der Waals surface area contributed by atoms with Gasteiger partial charge in [-0.2, -0.15) is 26.3 Å². The molecular weight excluding hydrogens is 620 g/mol. The van der Waals surface area contributed by atoms with E-state index < -0.39 is 49.8 Å². The van der Waals surface area contributed by atoms with Crippen molar-refractivity contribution in [2.24, 2.45) is 0 Å². The number of nitrogens with one attached hydrogen (secondary N) is 2. The van der Waals surface area contributed by atoms with Gasteiger partial charge in [0.25, 0.3) is 5.91 Å². The van der Waals surface area contributed by atoms with Crippen molar-refractivity contribution in [2.45, 2.75) is 18.0 Å². The number of anilines is 3. The van der Waals surface area contributed by atoms with E-state index >= 15 is 0 Å². The summed E-state index contributed by atoms with van der Waals surface area (Å²) in [6, 6.07) is 12.7. The molecule has 0 aliphatic heterocycles. The van der Waals surface area contributed by atoms with Gasteiger partial charge in [-0.1, -0.05) is 24.3 Å². The van der Waals surface area contributed by atoms with Crippen LogP contribution in [0.1, 0.15) is 15.9 Å². The van der Waals surface area contributed by atoms with Crippen molar-refractivity contribution in [3.63, 3.8) is 0 Å². The van der Waals surface area contributed by atoms with E-state index in [1.807, 2.05) is 0 Å². The molecule has 0 aliphatic carbocycles. The quantitative estimate of drug-likeness (QED) is 0.277. The molecule has 0 aromatic heterocycles. The highest BCUT2D eigenvalue weighted by molar-refractivity contribution is 9.11. The Labute approximate surface area is 209 Å². The molecule has 3 aromatic rings. The predicted molar refractivity (Wildman–Crippen MR) is 121 cm³/mol. The molecule has 0 spiro atoms. The summed E-state index contributed by atoms with van der Waals surface area (Å²) in [6.07, 6.45) is -12.6. The molecule has 3 aromatic carbocycles. The third kappa shape index (κ3) is 5.30. The first-order valence-corrected chi connectivity index (χ1v) is 11.0. The van der Waals surface area contributed by atoms with Gasteiger partial charge in [0.05, 0.1) is 16.9 Å². The molecule has 0 heterocycles. The molecular formula is C22H12Br2F8N2O. The van der Waals surface area contributed by atoms with Crippen LogP contribution in [0, 0.1) is 5.82 Å². The second-order valence-corrected chi connectivity index (χ2v) is 8.79. The Morgan fingerprint density at radius 3 is 1.83 bits per heavy atom. The average molecular weight is 632 g/mol. The molecule has 3 nitrogen and oxygen atoms in total. The number of rotatable bonds is 5. The minimum absolute atomic E-state index is 0.0603. The number of hydrogen-bond acceptors (Lipinski definition) is 2. The highest BCUT2D eigenvalue weighted by atomic mass is 79.9. The van der Waals surface area contributed by atoms with Crippen molar-refractivity contribution in [3.8, 4) is 0 Å². The number of carbonyl (C=O) groups excluding carboxylic acids is 1. The Morgan fingerprint density at radius 1 is 0.771 bits per heavy atom. The summed E-state index contributed by atoms with van der Waals surface area (Å²) in [6.45, 7) is 0. The largest absolute Gasteiger partial charge is 0.435 e. The van der Waals surface area contributed by atoms with E-state index in [0.717, 1.165) is 6.07 Å². The molecule has 0 radical (unpaired) electrons. The van der Waals surface area contributed by atoms with Crippen molar-refractivity contribution in [1.82, 2.24) is 0 Å². The van der Waals surface area contributed by atoms with Gasteiger partial charge in [-0.3, -0.25) is 4.79 Å². The summed E-state index contributed by atoms with van der Waals surface area (Å²) in [5.74, 6) is -2.03. The maximum absolute atomic E-state index is 14.9. The molecule has 0 aliphatic rings. The van der Waals surface area contributed by atoms with Crippen LogP contribution in [0.3, 0.4) is 0 Å². The van der Waals surface area contributed by atoms with E-state index in [1.165, 1.54) is 12.1 Å². The predicted octanol–water partition coefficient (Wildman–Crippen LogP) is 8.64. The van der Waals surface area contributed by atoms with E-state index in [-0.39, 0.29) is 23.5 Å². The Morgan fingerprint density at radius 2 is 1.31 bits per heavy atom. The number of halogens is 10. The molecule has 1 amide bonds. The first kappa shape index (κ1) is 26.9. The van der Waals surface area contributed by atoms with Crippen LogP contribution in [0.25, 0.3) is 0 Å². The zero-order valence-electron chi connectivity index (χ0n) is 17.0. The summed E-state index contributed by atoms with van der Waals surface area (Å²) >= 11 is 5.50. The number of benzene rings is 3. The van der Waals surface area contributed by atoms with Crippen LogP contribution < -0.4 is 10.6 Å². The number of amides is 1. The molecule has 0 fully saturated rings. The molecule has 0 saturated carbocycles. The number of hydrogen-bond donors (Lipinski definition) is 2. The summed E-state index contributed by atoms with van der Waals surface area (Å²) in [5.41, 5.74) is -7.79. The first-order valence-electron chi connectivity index (χ1n) is 9.40. The Kier molecular flexibility index (Phi) is 7.51. The molecule has 13 heteroatoms. The molecule has 0 bridgehead atoms. The number of para-hydroxylation sites is 1. The standard InChI is InChI=1S/C22H12Br2F8N2O/c23-14-9-11(20(26,21(27,28)29)22(30,31)32)10-15(24)18(14)34-19(35)13-7-4-8-16(17(13)25)33-12-5-2-1-3-6-12/h1-10,33H,(H,34,35). The van der Waals surface area contributed by atoms with Gasteiger partial charge in [-0.25, -0.2) is 8.78 Å². The zero-order valence-corrected chi connectivity index (χ0v) is 20.1. The highest BCUT2D eigenvalue weighted by Crippen LogP contribution is 2.54. The van der Waals surface area contributed by atoms with Crippen LogP contribution in [0.5, 0.6) is 0 Å². The van der Waals surface area contributed by atoms with Crippen LogP contribution in [-0.4, -0.2) is 18.3 Å². The van der Waals surface area contributed by atoms with Crippen molar-refractivity contribution in [3.05, 3.63) is 86.6 Å². The fourth-order valence-corrected chi connectivity index (χ4v) is 4.43. The second-order valence-electron chi connectivity index (χ2n) is 7.08. The lowest BCUT2D eigenvalue weighted by atomic mass is 9.94. The van der Waals surface area contributed by atoms with Gasteiger partial charge in [0.1, 0.15) is 0 Å². The van der Waals surface area contributed by atoms with Gasteiger partial charge in [-0.05, 0) is 68.3 Å². The summed E-state index contributed by atoms with van der Waals surface area (Å²) < 4.78 is 107. The highest BCUT2D eigenvalue weighted by Gasteiger charge is 2.73. The van der Waals surface area contributed by atoms with E-state index in [4.69, 9.17) is 0 Å². The van der Waals surface area contributed by atoms with Crippen molar-refractivity contribution in [2.75, 3.05) is 10.6 Å². The average Bonchev–Trinajstić information content (AvgIpc) is 2.76. The fourth-order valence-electron chi connectivity index (χ4n) is 3.04. The van der Waals surface area contributed by atoms with Crippen LogP contribution >= 0.6 is 31.9 Å². The third-order valence-electron chi connectivity index (χ3n) is 4.76. The van der Waals surface area contributed by atoms with Gasteiger partial charge < -0.3 is 10.6 Å². The molecule has 3 rings (SSSR count). The molecule has 0 unspecified atom stereocenters. The number of carbonyl (C=O) groups is 1. The van der Waals surface area contributed by atoms with E-state index in [9.17, 15) is 39.9 Å². The van der Waals surface area contributed by atoms with Crippen LogP contribution in [0.4, 0.5) is 52.2 Å². The third-order valence-corrected chi connectivity index (χ3v) is 6.01. The molecule has 0 atom stereocenters. The maximum atomic E-state index is 14.9. The van der Waals surface area contributed by atoms with E-state index in [0.29, 0.717) is 5.69 Å². The smallest absolute Gasteiger partial charge is 0.353 e. The summed E-state index contributed by atoms with van der Waals surface area (Å²) in [5, 5.41) is 4.98. The van der Waals surface area contributed by atoms with Gasteiger partial charge in [0.15, 0.2) is 5.82 Å². The lowest BCUT2D eigenvalue weighted by molar-refractivity contribution is -0.348. The SMILES string of the molecule is O=C(Nc1c(Br)cc(C(F)(C(F)(F)F)C(F)(F)F)cc1Br)c1cccc(Nc2ccccc2)c1F. The van der Waals surface area contributed by atoms with Crippen LogP contribution in [-0.2, 0) is 5.67 Å². The van der Waals surface area contributed by atoms with Crippen molar-refractivity contribution >= 4 is 54.8 Å². The monoisotopic (exact) mass is 630 g/mol. The minimum Gasteiger partial charge on any atom is -0.353 e. The van der Waals surface area contributed by atoms with Crippen LogP contribution in [0.2, 0.25) is 0 Å². The summed E-state index contributed by atoms with van der Waals surface area (Å²) in [7, 11) is 0. The van der Waals surface area contributed by atoms with E-state index in [1.54, 1.807) is 30.3 Å². The number of alkyl halides is 7. The molecule has 2 N–H and O–H groups in total. The fraction of sp³-hybridized carbons (Fsp3) is 0.136. The lowest BCUT2D eigenvalue weighted by Gasteiger charge is -2.31. The topological polar surface area (TPSA) is 41.1 Å². The maximum Gasteiger partial charge on any atom is 0.435 e. The van der Waals surface area contributed by atoms with Crippen molar-refractivity contribution < 1.29 is 39.9 Å². The van der Waals surface area contributed by atoms with E-state index in [2.05, 4.69) is 42.5 Å². The summed E-state index contributed by atoms with van der Waals surface area (Å²) in [4.78, 5) is 12.7. The normalized spacial score (nSPS) is 12.4. The van der Waals surface area contributed by atoms with Crippen molar-refractivity contribution in [1.29, 1.82) is 0 Å². The zero-order chi connectivity index (χ0) is 26.2. The Bertz CT molecular complexity index is 1210. The molecule has 186 valence electrons. The Balaban J connectivity index is 1.95. The second kappa shape index (κ2) is 9.76. The van der Waals surface area contributed by atoms with Crippen LogP contribution in [0.15, 0.2) is 69.6 Å². The first-order chi connectivity index (χ1) is 16.2. The van der Waals surface area contributed by atoms with Gasteiger partial charge in [0.2, 0.25) is 0 Å². The molecule has 35 heavy (non-hydrogen) atoms. The molecule has 0 saturated heterocycles. The Hall–Kier alpha value is -2.67. The van der Waals surface area contributed by atoms with Gasteiger partial charge in [-0.15, -0.1) is 0 Å². The lowest BCUT2D eigenvalue weighted by Crippen LogP contribution is -2.50. The van der Waals surface area contributed by atoms with Gasteiger partial charge in [0, 0.05) is 20.2 Å². The minimum atomic E-state index is -6.32. The van der Waals surface area contributed by atoms with Gasteiger partial charge >= 0.3 is 18.0 Å².